The lowest BCUT2D eigenvalue weighted by Gasteiger charge is -2.38. The van der Waals surface area contributed by atoms with Crippen LogP contribution in [0.15, 0.2) is 23.8 Å². The number of thiazole rings is 1. The number of aromatic nitrogens is 2. The second-order valence-electron chi connectivity index (χ2n) is 7.84. The Morgan fingerprint density at radius 2 is 2.00 bits per heavy atom. The average Bonchev–Trinajstić information content (AvgIpc) is 3.39. The monoisotopic (exact) mass is 462 g/mol. The summed E-state index contributed by atoms with van der Waals surface area (Å²) in [4.78, 5) is 12.4. The summed E-state index contributed by atoms with van der Waals surface area (Å²) in [6.07, 6.45) is 3.26. The summed E-state index contributed by atoms with van der Waals surface area (Å²) in [5.74, 6) is -1.94. The van der Waals surface area contributed by atoms with E-state index in [9.17, 15) is 13.2 Å². The lowest BCUT2D eigenvalue weighted by molar-refractivity contribution is 0.148. The van der Waals surface area contributed by atoms with Gasteiger partial charge in [-0.1, -0.05) is 6.92 Å². The molecule has 1 aromatic carbocycles. The van der Waals surface area contributed by atoms with Crippen LogP contribution < -0.4 is 5.32 Å². The van der Waals surface area contributed by atoms with Crippen molar-refractivity contribution in [2.75, 3.05) is 18.4 Å². The predicted octanol–water partition coefficient (Wildman–Crippen LogP) is 6.65. The van der Waals surface area contributed by atoms with Crippen LogP contribution >= 0.6 is 22.7 Å². The third kappa shape index (κ3) is 3.48. The van der Waals surface area contributed by atoms with Crippen LogP contribution in [0.3, 0.4) is 0 Å². The zero-order valence-corrected chi connectivity index (χ0v) is 18.7. The van der Waals surface area contributed by atoms with Crippen LogP contribution in [0.2, 0.25) is 0 Å². The first kappa shape index (κ1) is 20.7. The molecule has 0 bridgehead atoms. The van der Waals surface area contributed by atoms with E-state index in [-0.39, 0.29) is 11.2 Å². The summed E-state index contributed by atoms with van der Waals surface area (Å²) in [5.41, 5.74) is 1.16. The molecule has 162 valence electrons. The summed E-state index contributed by atoms with van der Waals surface area (Å²) in [5, 5.41) is 3.22. The Kier molecular flexibility index (Phi) is 5.35. The van der Waals surface area contributed by atoms with Crippen LogP contribution in [-0.2, 0) is 0 Å². The van der Waals surface area contributed by atoms with Gasteiger partial charge >= 0.3 is 0 Å². The van der Waals surface area contributed by atoms with E-state index in [0.717, 1.165) is 48.3 Å². The highest BCUT2D eigenvalue weighted by Crippen LogP contribution is 2.42. The standard InChI is InChI=1S/C22H21F3N4S2/c1-3-29-6-4-5-12(11(29)2)16-7-13-19(15(24)9-26-22(13)31-16)28-20-14(23)8-17-21(18(20)25)27-10-30-17/h7-12H,3-6H2,1-2H3,(H,26,28). The van der Waals surface area contributed by atoms with Crippen molar-refractivity contribution in [1.29, 1.82) is 0 Å². The first-order valence-electron chi connectivity index (χ1n) is 10.3. The molecule has 0 amide bonds. The molecule has 0 aliphatic carbocycles. The molecule has 4 aromatic rings. The summed E-state index contributed by atoms with van der Waals surface area (Å²) >= 11 is 2.68. The van der Waals surface area contributed by atoms with Crippen molar-refractivity contribution in [2.24, 2.45) is 0 Å². The van der Waals surface area contributed by atoms with E-state index in [1.807, 2.05) is 6.07 Å². The van der Waals surface area contributed by atoms with Gasteiger partial charge in [-0.3, -0.25) is 0 Å². The maximum absolute atomic E-state index is 14.9. The van der Waals surface area contributed by atoms with Gasteiger partial charge in [-0.15, -0.1) is 22.7 Å². The molecule has 4 heterocycles. The fraction of sp³-hybridized carbons (Fsp3) is 0.364. The number of nitrogens with one attached hydrogen (secondary N) is 1. The van der Waals surface area contributed by atoms with Crippen LogP contribution in [0.1, 0.15) is 37.5 Å². The van der Waals surface area contributed by atoms with Gasteiger partial charge in [0.15, 0.2) is 17.5 Å². The van der Waals surface area contributed by atoms with Crippen molar-refractivity contribution >= 4 is 54.5 Å². The molecule has 1 saturated heterocycles. The highest BCUT2D eigenvalue weighted by atomic mass is 32.1. The molecule has 5 rings (SSSR count). The number of nitrogens with zero attached hydrogens (tertiary/aromatic N) is 3. The quantitative estimate of drug-likeness (QED) is 0.368. The summed E-state index contributed by atoms with van der Waals surface area (Å²) in [7, 11) is 0. The lowest BCUT2D eigenvalue weighted by atomic mass is 9.89. The molecule has 1 aliphatic rings. The number of anilines is 2. The molecule has 9 heteroatoms. The Morgan fingerprint density at radius 3 is 2.81 bits per heavy atom. The van der Waals surface area contributed by atoms with E-state index < -0.39 is 23.1 Å². The highest BCUT2D eigenvalue weighted by Gasteiger charge is 2.30. The largest absolute Gasteiger partial charge is 0.348 e. The molecule has 31 heavy (non-hydrogen) atoms. The van der Waals surface area contributed by atoms with E-state index in [0.29, 0.717) is 26.9 Å². The second-order valence-corrected chi connectivity index (χ2v) is 9.79. The van der Waals surface area contributed by atoms with Gasteiger partial charge in [0.2, 0.25) is 0 Å². The lowest BCUT2D eigenvalue weighted by Crippen LogP contribution is -2.41. The number of hydrogen-bond acceptors (Lipinski definition) is 6. The molecule has 0 spiro atoms. The third-order valence-electron chi connectivity index (χ3n) is 6.19. The van der Waals surface area contributed by atoms with E-state index >= 15 is 0 Å². The van der Waals surface area contributed by atoms with Crippen molar-refractivity contribution in [3.8, 4) is 0 Å². The van der Waals surface area contributed by atoms with Crippen molar-refractivity contribution in [3.63, 3.8) is 0 Å². The number of pyridine rings is 1. The van der Waals surface area contributed by atoms with Crippen LogP contribution in [0.5, 0.6) is 0 Å². The Morgan fingerprint density at radius 1 is 1.16 bits per heavy atom. The van der Waals surface area contributed by atoms with Crippen LogP contribution in [-0.4, -0.2) is 34.0 Å². The second kappa shape index (κ2) is 8.03. The Hall–Kier alpha value is -2.23. The van der Waals surface area contributed by atoms with Crippen molar-refractivity contribution < 1.29 is 13.2 Å². The summed E-state index contributed by atoms with van der Waals surface area (Å²) in [6, 6.07) is 3.52. The van der Waals surface area contributed by atoms with Gasteiger partial charge in [-0.2, -0.15) is 0 Å². The minimum Gasteiger partial charge on any atom is -0.348 e. The summed E-state index contributed by atoms with van der Waals surface area (Å²) in [6.45, 7) is 6.44. The maximum atomic E-state index is 14.9. The number of likely N-dealkylation sites (tertiary alicyclic amines) is 1. The molecule has 1 N–H and O–H groups in total. The molecular formula is C22H21F3N4S2. The minimum atomic E-state index is -0.824. The number of piperidine rings is 1. The van der Waals surface area contributed by atoms with E-state index in [1.165, 1.54) is 22.9 Å². The maximum Gasteiger partial charge on any atom is 0.176 e. The molecule has 0 radical (unpaired) electrons. The first-order valence-corrected chi connectivity index (χ1v) is 12.0. The van der Waals surface area contributed by atoms with E-state index in [2.05, 4.69) is 34.0 Å². The number of benzene rings is 1. The smallest absolute Gasteiger partial charge is 0.176 e. The van der Waals surface area contributed by atoms with Crippen molar-refractivity contribution in [1.82, 2.24) is 14.9 Å². The van der Waals surface area contributed by atoms with Gasteiger partial charge in [0.25, 0.3) is 0 Å². The number of hydrogen-bond donors (Lipinski definition) is 1. The summed E-state index contributed by atoms with van der Waals surface area (Å²) < 4.78 is 44.7. The van der Waals surface area contributed by atoms with Gasteiger partial charge in [0.1, 0.15) is 16.0 Å². The Bertz CT molecular complexity index is 1270. The highest BCUT2D eigenvalue weighted by molar-refractivity contribution is 7.18. The predicted molar refractivity (Wildman–Crippen MR) is 121 cm³/mol. The molecule has 1 fully saturated rings. The number of likely N-dealkylation sites (N-methyl/N-ethyl adjacent to an activating group) is 1. The fourth-order valence-corrected chi connectivity index (χ4v) is 6.45. The molecule has 1 aliphatic heterocycles. The number of fused-ring (bicyclic) bond motifs is 2. The molecule has 2 unspecified atom stereocenters. The van der Waals surface area contributed by atoms with Crippen LogP contribution in [0, 0.1) is 17.5 Å². The zero-order chi connectivity index (χ0) is 21.7. The Balaban J connectivity index is 1.58. The fourth-order valence-electron chi connectivity index (χ4n) is 4.51. The van der Waals surface area contributed by atoms with Gasteiger partial charge in [0, 0.05) is 22.2 Å². The average molecular weight is 463 g/mol. The topological polar surface area (TPSA) is 41.0 Å². The first-order chi connectivity index (χ1) is 15.0. The zero-order valence-electron chi connectivity index (χ0n) is 17.1. The molecule has 3 aromatic heterocycles. The van der Waals surface area contributed by atoms with Gasteiger partial charge in [-0.25, -0.2) is 23.1 Å². The number of halogens is 3. The minimum absolute atomic E-state index is 0.0377. The normalized spacial score (nSPS) is 20.0. The molecular weight excluding hydrogens is 441 g/mol. The van der Waals surface area contributed by atoms with Gasteiger partial charge in [-0.05, 0) is 45.0 Å². The van der Waals surface area contributed by atoms with Crippen molar-refractivity contribution in [2.45, 2.75) is 38.6 Å². The van der Waals surface area contributed by atoms with Gasteiger partial charge < -0.3 is 10.2 Å². The number of thiophene rings is 1. The molecule has 0 saturated carbocycles. The van der Waals surface area contributed by atoms with Crippen molar-refractivity contribution in [3.05, 3.63) is 46.2 Å². The van der Waals surface area contributed by atoms with E-state index in [1.54, 1.807) is 0 Å². The van der Waals surface area contributed by atoms with Crippen LogP contribution in [0.4, 0.5) is 24.5 Å². The molecule has 4 nitrogen and oxygen atoms in total. The SMILES string of the molecule is CCN1CCCC(c2cc3c(Nc4c(F)cc5scnc5c4F)c(F)cnc3s2)C1C. The van der Waals surface area contributed by atoms with Crippen LogP contribution in [0.25, 0.3) is 20.4 Å². The third-order valence-corrected chi connectivity index (χ3v) is 8.15. The Labute approximate surface area is 185 Å². The van der Waals surface area contributed by atoms with Gasteiger partial charge in [0.05, 0.1) is 22.1 Å². The molecule has 2 atom stereocenters. The van der Waals surface area contributed by atoms with E-state index in [4.69, 9.17) is 0 Å². The number of rotatable bonds is 4.